The first-order chi connectivity index (χ1) is 27.2. The standard InChI is InChI=1S/C49H34N6/c50-48(35-29-27-34(28-30-35)42-24-14-23-41(51-42)33-15-4-1-5-16-33)52-49(36-17-6-2-7-18-36)53-55-44-26-13-11-22-40(44)46-45(55)32-31-39-38-21-10-12-25-43(38)54(47(39)46)37-19-8-3-9-20-37/h1-32H,(H2,50,52,53). The summed E-state index contributed by atoms with van der Waals surface area (Å²) < 4.78 is 4.49. The zero-order valence-corrected chi connectivity index (χ0v) is 29.8. The molecule has 6 heteroatoms. The molecule has 2 N–H and O–H groups in total. The number of pyridine rings is 1. The lowest BCUT2D eigenvalue weighted by atomic mass is 10.1. The van der Waals surface area contributed by atoms with Crippen molar-refractivity contribution >= 4 is 55.3 Å². The number of nitrogens with one attached hydrogen (secondary N) is 2. The van der Waals surface area contributed by atoms with Gasteiger partial charge >= 0.3 is 0 Å². The third-order valence-corrected chi connectivity index (χ3v) is 10.2. The minimum Gasteiger partial charge on any atom is -0.309 e. The van der Waals surface area contributed by atoms with Crippen molar-refractivity contribution in [2.45, 2.75) is 0 Å². The molecule has 260 valence electrons. The first kappa shape index (κ1) is 32.1. The highest BCUT2D eigenvalue weighted by molar-refractivity contribution is 6.26. The molecule has 0 spiro atoms. The molecule has 0 aliphatic rings. The highest BCUT2D eigenvalue weighted by Gasteiger charge is 2.21. The summed E-state index contributed by atoms with van der Waals surface area (Å²) in [4.78, 5) is 9.90. The van der Waals surface area contributed by atoms with Crippen molar-refractivity contribution in [3.8, 4) is 28.2 Å². The van der Waals surface area contributed by atoms with Gasteiger partial charge in [0.2, 0.25) is 0 Å². The summed E-state index contributed by atoms with van der Waals surface area (Å²) in [5.74, 6) is 0.717. The number of nitrogens with zero attached hydrogens (tertiary/aromatic N) is 4. The molecule has 3 heterocycles. The van der Waals surface area contributed by atoms with Gasteiger partial charge in [-0.2, -0.15) is 0 Å². The molecule has 6 nitrogen and oxygen atoms in total. The van der Waals surface area contributed by atoms with Crippen LogP contribution < -0.4 is 5.43 Å². The van der Waals surface area contributed by atoms with Crippen LogP contribution in [0.25, 0.3) is 71.8 Å². The average molecular weight is 707 g/mol. The van der Waals surface area contributed by atoms with Crippen molar-refractivity contribution in [3.05, 3.63) is 205 Å². The maximum absolute atomic E-state index is 9.22. The lowest BCUT2D eigenvalue weighted by molar-refractivity contribution is 1.08. The molecule has 7 aromatic carbocycles. The van der Waals surface area contributed by atoms with Gasteiger partial charge in [-0.1, -0.05) is 152 Å². The fourth-order valence-electron chi connectivity index (χ4n) is 7.67. The maximum atomic E-state index is 9.22. The van der Waals surface area contributed by atoms with Gasteiger partial charge in [-0.05, 0) is 42.5 Å². The Morgan fingerprint density at radius 1 is 0.473 bits per heavy atom. The van der Waals surface area contributed by atoms with E-state index in [1.165, 1.54) is 10.8 Å². The second-order valence-corrected chi connectivity index (χ2v) is 13.5. The maximum Gasteiger partial charge on any atom is 0.154 e. The Balaban J connectivity index is 1.08. The van der Waals surface area contributed by atoms with Crippen LogP contribution >= 0.6 is 0 Å². The zero-order valence-electron chi connectivity index (χ0n) is 29.8. The highest BCUT2D eigenvalue weighted by Crippen LogP contribution is 2.40. The molecule has 0 amide bonds. The van der Waals surface area contributed by atoms with Crippen LogP contribution in [0, 0.1) is 5.41 Å². The predicted octanol–water partition coefficient (Wildman–Crippen LogP) is 11.6. The van der Waals surface area contributed by atoms with Crippen LogP contribution in [0.4, 0.5) is 0 Å². The van der Waals surface area contributed by atoms with Gasteiger partial charge < -0.3 is 4.57 Å². The van der Waals surface area contributed by atoms with E-state index >= 15 is 0 Å². The van der Waals surface area contributed by atoms with Crippen molar-refractivity contribution in [2.24, 2.45) is 4.99 Å². The molecule has 0 saturated carbocycles. The number of hydrogen-bond acceptors (Lipinski definition) is 2. The van der Waals surface area contributed by atoms with Gasteiger partial charge in [0.1, 0.15) is 0 Å². The van der Waals surface area contributed by atoms with E-state index in [9.17, 15) is 5.41 Å². The number of aliphatic imine (C=N–C) groups is 1. The highest BCUT2D eigenvalue weighted by atomic mass is 15.4. The largest absolute Gasteiger partial charge is 0.309 e. The monoisotopic (exact) mass is 706 g/mol. The van der Waals surface area contributed by atoms with E-state index in [-0.39, 0.29) is 5.84 Å². The SMILES string of the molecule is N=C(/N=C(\Nn1c2ccccc2c2c1ccc1c3ccccc3n(-c3ccccc3)c12)c1ccccc1)c1ccc(-c2cccc(-c3ccccc3)n2)cc1. The topological polar surface area (TPSA) is 71.0 Å². The molecule has 0 fully saturated rings. The molecule has 0 atom stereocenters. The third kappa shape index (κ3) is 5.64. The van der Waals surface area contributed by atoms with E-state index < -0.39 is 0 Å². The number of hydrogen-bond donors (Lipinski definition) is 2. The Labute approximate surface area is 317 Å². The summed E-state index contributed by atoms with van der Waals surface area (Å²) in [6.07, 6.45) is 0. The molecule has 0 aliphatic heterocycles. The van der Waals surface area contributed by atoms with E-state index in [4.69, 9.17) is 9.98 Å². The fraction of sp³-hybridized carbons (Fsp3) is 0. The molecular weight excluding hydrogens is 673 g/mol. The number of amidine groups is 2. The Morgan fingerprint density at radius 2 is 1.07 bits per heavy atom. The van der Waals surface area contributed by atoms with Gasteiger partial charge in [0.25, 0.3) is 0 Å². The van der Waals surface area contributed by atoms with Gasteiger partial charge in [0, 0.05) is 49.5 Å². The number of benzene rings is 7. The van der Waals surface area contributed by atoms with E-state index in [0.717, 1.165) is 66.6 Å². The van der Waals surface area contributed by atoms with Crippen LogP contribution in [0.3, 0.4) is 0 Å². The first-order valence-electron chi connectivity index (χ1n) is 18.3. The Hall–Kier alpha value is -7.57. The van der Waals surface area contributed by atoms with Crippen LogP contribution in [-0.4, -0.2) is 25.9 Å². The summed E-state index contributed by atoms with van der Waals surface area (Å²) in [7, 11) is 0. The van der Waals surface area contributed by atoms with E-state index in [1.807, 2.05) is 91.0 Å². The van der Waals surface area contributed by atoms with Crippen molar-refractivity contribution in [3.63, 3.8) is 0 Å². The van der Waals surface area contributed by atoms with Gasteiger partial charge in [-0.15, -0.1) is 0 Å². The number of fused-ring (bicyclic) bond motifs is 7. The third-order valence-electron chi connectivity index (χ3n) is 10.2. The predicted molar refractivity (Wildman–Crippen MR) is 228 cm³/mol. The first-order valence-corrected chi connectivity index (χ1v) is 18.3. The minimum atomic E-state index is 0.149. The van der Waals surface area contributed by atoms with Gasteiger partial charge in [-0.25, -0.2) is 9.98 Å². The summed E-state index contributed by atoms with van der Waals surface area (Å²) in [6.45, 7) is 0. The molecule has 3 aromatic heterocycles. The van der Waals surface area contributed by atoms with Crippen LogP contribution in [0.5, 0.6) is 0 Å². The number of rotatable bonds is 6. The molecule has 0 bridgehead atoms. The van der Waals surface area contributed by atoms with Crippen molar-refractivity contribution < 1.29 is 0 Å². The lowest BCUT2D eigenvalue weighted by Gasteiger charge is -2.15. The Morgan fingerprint density at radius 3 is 1.80 bits per heavy atom. The normalized spacial score (nSPS) is 11.8. The van der Waals surface area contributed by atoms with Crippen LogP contribution in [0.1, 0.15) is 11.1 Å². The number of aromatic nitrogens is 3. The second-order valence-electron chi connectivity index (χ2n) is 13.5. The molecule has 55 heavy (non-hydrogen) atoms. The zero-order chi connectivity index (χ0) is 36.7. The fourth-order valence-corrected chi connectivity index (χ4v) is 7.67. The Kier molecular flexibility index (Phi) is 7.85. The minimum absolute atomic E-state index is 0.149. The van der Waals surface area contributed by atoms with E-state index in [2.05, 4.69) is 118 Å². The quantitative estimate of drug-likeness (QED) is 0.133. The molecule has 0 radical (unpaired) electrons. The molecular formula is C49H34N6. The van der Waals surface area contributed by atoms with Gasteiger partial charge in [-0.3, -0.25) is 15.5 Å². The summed E-state index contributed by atoms with van der Waals surface area (Å²) in [5.41, 5.74) is 14.5. The van der Waals surface area contributed by atoms with Crippen LogP contribution in [0.2, 0.25) is 0 Å². The van der Waals surface area contributed by atoms with E-state index in [0.29, 0.717) is 11.4 Å². The van der Waals surface area contributed by atoms with Gasteiger partial charge in [0.15, 0.2) is 11.7 Å². The van der Waals surface area contributed by atoms with E-state index in [1.54, 1.807) is 0 Å². The molecule has 0 unspecified atom stereocenters. The lowest BCUT2D eigenvalue weighted by Crippen LogP contribution is -2.25. The van der Waals surface area contributed by atoms with Crippen LogP contribution in [-0.2, 0) is 0 Å². The van der Waals surface area contributed by atoms with Crippen molar-refractivity contribution in [1.29, 1.82) is 5.41 Å². The van der Waals surface area contributed by atoms with Crippen molar-refractivity contribution in [2.75, 3.05) is 5.43 Å². The summed E-state index contributed by atoms with van der Waals surface area (Å²) in [6, 6.07) is 66.3. The molecule has 10 aromatic rings. The average Bonchev–Trinajstić information content (AvgIpc) is 3.77. The van der Waals surface area contributed by atoms with Gasteiger partial charge in [0.05, 0.1) is 33.5 Å². The smallest absolute Gasteiger partial charge is 0.154 e. The molecule has 0 saturated heterocycles. The molecule has 10 rings (SSSR count). The van der Waals surface area contributed by atoms with Crippen molar-refractivity contribution in [1.82, 2.24) is 14.2 Å². The summed E-state index contributed by atoms with van der Waals surface area (Å²) in [5, 5.41) is 13.9. The molecule has 0 aliphatic carbocycles. The van der Waals surface area contributed by atoms with Crippen LogP contribution in [0.15, 0.2) is 199 Å². The number of para-hydroxylation sites is 3. The second kappa shape index (κ2) is 13.4. The summed E-state index contributed by atoms with van der Waals surface area (Å²) >= 11 is 0. The Bertz CT molecular complexity index is 3050.